The number of hydrogen-bond acceptors (Lipinski definition) is 8. The van der Waals surface area contributed by atoms with Gasteiger partial charge in [0.25, 0.3) is 0 Å². The summed E-state index contributed by atoms with van der Waals surface area (Å²) >= 11 is 0. The number of rotatable bonds is 8. The van der Waals surface area contributed by atoms with Crippen LogP contribution in [-0.2, 0) is 4.79 Å². The second-order valence-corrected chi connectivity index (χ2v) is 12.0. The molecule has 2 saturated heterocycles. The Morgan fingerprint density at radius 1 is 1.02 bits per heavy atom. The van der Waals surface area contributed by atoms with Gasteiger partial charge in [-0.1, -0.05) is 43.3 Å². The van der Waals surface area contributed by atoms with Crippen LogP contribution >= 0.6 is 0 Å². The Labute approximate surface area is 253 Å². The number of aromatic nitrogens is 4. The summed E-state index contributed by atoms with van der Waals surface area (Å²) in [5.74, 6) is 0.992. The van der Waals surface area contributed by atoms with Crippen LogP contribution in [0, 0.1) is 0 Å². The molecule has 0 radical (unpaired) electrons. The first-order valence-electron chi connectivity index (χ1n) is 15.4. The lowest BCUT2D eigenvalue weighted by Gasteiger charge is -2.41. The average Bonchev–Trinajstić information content (AvgIpc) is 3.43. The molecule has 4 aromatic rings. The van der Waals surface area contributed by atoms with Crippen LogP contribution in [0.2, 0.25) is 0 Å². The fraction of sp³-hybridized carbons (Fsp3) is 0.455. The molecule has 2 aliphatic heterocycles. The number of ether oxygens (including phenoxy) is 1. The van der Waals surface area contributed by atoms with E-state index < -0.39 is 0 Å². The molecule has 0 saturated carbocycles. The van der Waals surface area contributed by atoms with Gasteiger partial charge in [-0.05, 0) is 69.4 Å². The molecule has 10 nitrogen and oxygen atoms in total. The number of carbonyl (C=O) groups is 1. The number of carbonyl (C=O) groups excluding carboxylic acids is 1. The third-order valence-corrected chi connectivity index (χ3v) is 9.18. The highest BCUT2D eigenvalue weighted by atomic mass is 16.5. The van der Waals surface area contributed by atoms with Gasteiger partial charge in [0.2, 0.25) is 5.91 Å². The largest absolute Gasteiger partial charge is 0.495 e. The Balaban J connectivity index is 1.21. The lowest BCUT2D eigenvalue weighted by Crippen LogP contribution is -2.47. The zero-order chi connectivity index (χ0) is 29.9. The summed E-state index contributed by atoms with van der Waals surface area (Å²) in [6.07, 6.45) is 6.40. The molecule has 3 N–H and O–H groups in total. The van der Waals surface area contributed by atoms with Gasteiger partial charge in [-0.3, -0.25) is 4.79 Å². The maximum atomic E-state index is 12.9. The number of amides is 1. The normalized spacial score (nSPS) is 18.1. The second-order valence-electron chi connectivity index (χ2n) is 12.0. The van der Waals surface area contributed by atoms with E-state index in [0.29, 0.717) is 29.7 Å². The topological polar surface area (TPSA) is 114 Å². The smallest absolute Gasteiger partial charge is 0.225 e. The van der Waals surface area contributed by atoms with Crippen molar-refractivity contribution in [3.63, 3.8) is 0 Å². The summed E-state index contributed by atoms with van der Waals surface area (Å²) in [5, 5.41) is 8.88. The molecule has 1 atom stereocenters. The van der Waals surface area contributed by atoms with E-state index in [2.05, 4.69) is 43.7 Å². The first kappa shape index (κ1) is 29.1. The zero-order valence-electron chi connectivity index (χ0n) is 25.4. The standard InChI is InChI=1S/C33H42N8O2/c1-22(23-7-5-4-6-8-23)19-29(42)37-27-10-9-24(20-28(27)43-3)31-30-32(34)35-21-36-33(30)41(38-31)26-13-17-40(18-14-26)25-11-15-39(2)16-12-25/h4-10,20-22,25-26H,11-19H2,1-3H3,(H,37,42)(H2,34,35,36)/t22-/m1/s1. The number of hydrogen-bond donors (Lipinski definition) is 2. The molecule has 0 bridgehead atoms. The molecule has 2 aromatic heterocycles. The number of benzene rings is 2. The molecule has 4 heterocycles. The maximum absolute atomic E-state index is 12.9. The molecule has 0 spiro atoms. The zero-order valence-corrected chi connectivity index (χ0v) is 25.4. The first-order chi connectivity index (χ1) is 20.9. The number of nitrogens with one attached hydrogen (secondary N) is 1. The van der Waals surface area contributed by atoms with Gasteiger partial charge in [0.05, 0.1) is 24.2 Å². The molecule has 0 aliphatic carbocycles. The van der Waals surface area contributed by atoms with Crippen LogP contribution in [0.3, 0.4) is 0 Å². The van der Waals surface area contributed by atoms with Crippen LogP contribution in [0.5, 0.6) is 5.75 Å². The number of likely N-dealkylation sites (tertiary alicyclic amines) is 2. The Kier molecular flexibility index (Phi) is 8.58. The molecule has 0 unspecified atom stereocenters. The van der Waals surface area contributed by atoms with E-state index in [9.17, 15) is 4.79 Å². The van der Waals surface area contributed by atoms with Crippen molar-refractivity contribution in [2.45, 2.75) is 57.0 Å². The highest BCUT2D eigenvalue weighted by molar-refractivity contribution is 5.99. The number of fused-ring (bicyclic) bond motifs is 1. The van der Waals surface area contributed by atoms with Crippen molar-refractivity contribution < 1.29 is 9.53 Å². The lowest BCUT2D eigenvalue weighted by atomic mass is 9.97. The average molecular weight is 583 g/mol. The molecule has 2 aliphatic rings. The Bertz CT molecular complexity index is 1560. The number of nitrogens with two attached hydrogens (primary N) is 1. The van der Waals surface area contributed by atoms with Crippen molar-refractivity contribution in [2.75, 3.05) is 51.4 Å². The molecule has 10 heteroatoms. The fourth-order valence-electron chi connectivity index (χ4n) is 6.63. The van der Waals surface area contributed by atoms with Gasteiger partial charge in [-0.15, -0.1) is 0 Å². The van der Waals surface area contributed by atoms with Gasteiger partial charge < -0.3 is 25.6 Å². The van der Waals surface area contributed by atoms with Crippen molar-refractivity contribution >= 4 is 28.4 Å². The molecule has 226 valence electrons. The van der Waals surface area contributed by atoms with E-state index >= 15 is 0 Å². The van der Waals surface area contributed by atoms with Gasteiger partial charge in [-0.2, -0.15) is 5.10 Å². The van der Waals surface area contributed by atoms with Crippen LogP contribution in [0.15, 0.2) is 54.9 Å². The number of nitrogen functional groups attached to an aromatic ring is 1. The van der Waals surface area contributed by atoms with Crippen molar-refractivity contribution in [1.29, 1.82) is 0 Å². The van der Waals surface area contributed by atoms with E-state index in [-0.39, 0.29) is 17.9 Å². The van der Waals surface area contributed by atoms with E-state index in [1.54, 1.807) is 7.11 Å². The highest BCUT2D eigenvalue weighted by Gasteiger charge is 2.30. The summed E-state index contributed by atoms with van der Waals surface area (Å²) in [7, 11) is 3.82. The summed E-state index contributed by atoms with van der Waals surface area (Å²) in [6.45, 7) is 6.52. The van der Waals surface area contributed by atoms with Crippen LogP contribution in [0.4, 0.5) is 11.5 Å². The minimum atomic E-state index is -0.0682. The molecule has 43 heavy (non-hydrogen) atoms. The first-order valence-corrected chi connectivity index (χ1v) is 15.4. The highest BCUT2D eigenvalue weighted by Crippen LogP contribution is 2.38. The summed E-state index contributed by atoms with van der Waals surface area (Å²) in [4.78, 5) is 27.0. The third-order valence-electron chi connectivity index (χ3n) is 9.18. The number of methoxy groups -OCH3 is 1. The third kappa shape index (κ3) is 6.21. The van der Waals surface area contributed by atoms with Crippen molar-refractivity contribution in [3.05, 3.63) is 60.4 Å². The molecule has 2 aromatic carbocycles. The van der Waals surface area contributed by atoms with Gasteiger partial charge >= 0.3 is 0 Å². The van der Waals surface area contributed by atoms with Crippen LogP contribution in [0.25, 0.3) is 22.3 Å². The Hall–Kier alpha value is -4.02. The van der Waals surface area contributed by atoms with E-state index in [4.69, 9.17) is 15.6 Å². The molecular weight excluding hydrogens is 540 g/mol. The van der Waals surface area contributed by atoms with E-state index in [1.807, 2.05) is 48.5 Å². The van der Waals surface area contributed by atoms with Gasteiger partial charge in [0.15, 0.2) is 5.65 Å². The fourth-order valence-corrected chi connectivity index (χ4v) is 6.63. The maximum Gasteiger partial charge on any atom is 0.225 e. The second kappa shape index (κ2) is 12.7. The minimum absolute atomic E-state index is 0.0682. The predicted molar refractivity (Wildman–Crippen MR) is 170 cm³/mol. The van der Waals surface area contributed by atoms with Gasteiger partial charge in [0, 0.05) is 31.1 Å². The van der Waals surface area contributed by atoms with Crippen LogP contribution in [-0.4, -0.2) is 81.8 Å². The van der Waals surface area contributed by atoms with E-state index in [1.165, 1.54) is 32.3 Å². The molecule has 2 fully saturated rings. The molecule has 1 amide bonds. The van der Waals surface area contributed by atoms with Crippen molar-refractivity contribution in [3.8, 4) is 17.0 Å². The number of anilines is 2. The Morgan fingerprint density at radius 2 is 1.74 bits per heavy atom. The Morgan fingerprint density at radius 3 is 2.47 bits per heavy atom. The minimum Gasteiger partial charge on any atom is -0.495 e. The molecular formula is C33H42N8O2. The van der Waals surface area contributed by atoms with Crippen molar-refractivity contribution in [2.24, 2.45) is 0 Å². The number of piperidine rings is 2. The summed E-state index contributed by atoms with van der Waals surface area (Å²) < 4.78 is 7.78. The quantitative estimate of drug-likeness (QED) is 0.300. The lowest BCUT2D eigenvalue weighted by molar-refractivity contribution is -0.116. The monoisotopic (exact) mass is 582 g/mol. The summed E-state index contributed by atoms with van der Waals surface area (Å²) in [5.41, 5.74) is 10.5. The summed E-state index contributed by atoms with van der Waals surface area (Å²) in [6, 6.07) is 16.7. The molecule has 6 rings (SSSR count). The SMILES string of the molecule is COc1cc(-c2nn(C3CCN(C4CCN(C)CC4)CC3)c3ncnc(N)c23)ccc1NC(=O)C[C@@H](C)c1ccccc1. The number of nitrogens with zero attached hydrogens (tertiary/aromatic N) is 6. The van der Waals surface area contributed by atoms with Crippen LogP contribution in [0.1, 0.15) is 56.6 Å². The van der Waals surface area contributed by atoms with Crippen molar-refractivity contribution in [1.82, 2.24) is 29.5 Å². The van der Waals surface area contributed by atoms with Crippen LogP contribution < -0.4 is 15.8 Å². The van der Waals surface area contributed by atoms with Gasteiger partial charge in [-0.25, -0.2) is 14.6 Å². The van der Waals surface area contributed by atoms with E-state index in [0.717, 1.165) is 53.8 Å². The predicted octanol–water partition coefficient (Wildman–Crippen LogP) is 4.95. The van der Waals surface area contributed by atoms with Gasteiger partial charge in [0.1, 0.15) is 23.6 Å².